The van der Waals surface area contributed by atoms with Crippen molar-refractivity contribution in [2.24, 2.45) is 0 Å². The smallest absolute Gasteiger partial charge is 0.220 e. The molecule has 0 bridgehead atoms. The number of carbonyl (C=O) groups is 1. The third-order valence-corrected chi connectivity index (χ3v) is 2.92. The lowest BCUT2D eigenvalue weighted by molar-refractivity contribution is -0.122. The Bertz CT molecular complexity index is 283. The third kappa shape index (κ3) is 4.42. The van der Waals surface area contributed by atoms with E-state index in [1.807, 2.05) is 17.5 Å². The van der Waals surface area contributed by atoms with E-state index < -0.39 is 6.04 Å². The zero-order chi connectivity index (χ0) is 11.1. The summed E-state index contributed by atoms with van der Waals surface area (Å²) in [6.07, 6.45) is 1.09. The van der Waals surface area contributed by atoms with Crippen LogP contribution in [0.5, 0.6) is 0 Å². The average Bonchev–Trinajstić information content (AvgIpc) is 2.75. The quantitative estimate of drug-likeness (QED) is 0.650. The minimum Gasteiger partial charge on any atom is -0.394 e. The summed E-state index contributed by atoms with van der Waals surface area (Å²) in [4.78, 5) is 12.5. The van der Waals surface area contributed by atoms with Gasteiger partial charge in [0.25, 0.3) is 0 Å². The van der Waals surface area contributed by atoms with Gasteiger partial charge in [0.1, 0.15) is 0 Å². The molecule has 4 nitrogen and oxygen atoms in total. The van der Waals surface area contributed by atoms with Gasteiger partial charge < -0.3 is 15.5 Å². The molecule has 0 saturated heterocycles. The molecule has 0 aliphatic heterocycles. The molecule has 1 aromatic heterocycles. The van der Waals surface area contributed by atoms with Crippen LogP contribution in [0.1, 0.15) is 11.3 Å². The van der Waals surface area contributed by atoms with Gasteiger partial charge in [-0.25, -0.2) is 0 Å². The van der Waals surface area contributed by atoms with Crippen LogP contribution in [0.25, 0.3) is 0 Å². The van der Waals surface area contributed by atoms with E-state index in [1.54, 1.807) is 11.3 Å². The highest BCUT2D eigenvalue weighted by atomic mass is 32.1. The molecule has 1 aromatic rings. The number of aryl methyl sites for hydroxylation is 1. The maximum atomic E-state index is 11.3. The highest BCUT2D eigenvalue weighted by molar-refractivity contribution is 7.09. The molecule has 0 saturated carbocycles. The molecular formula is C10H15NO3S. The van der Waals surface area contributed by atoms with Crippen LogP contribution in [0.4, 0.5) is 0 Å². The minimum atomic E-state index is -0.541. The Balaban J connectivity index is 2.24. The zero-order valence-electron chi connectivity index (χ0n) is 8.35. The van der Waals surface area contributed by atoms with Crippen molar-refractivity contribution in [2.45, 2.75) is 18.9 Å². The van der Waals surface area contributed by atoms with Gasteiger partial charge in [0.2, 0.25) is 5.91 Å². The lowest BCUT2D eigenvalue weighted by Crippen LogP contribution is -2.40. The van der Waals surface area contributed by atoms with Crippen molar-refractivity contribution in [2.75, 3.05) is 13.2 Å². The van der Waals surface area contributed by atoms with Crippen molar-refractivity contribution in [3.05, 3.63) is 22.4 Å². The van der Waals surface area contributed by atoms with Crippen molar-refractivity contribution in [1.82, 2.24) is 5.32 Å². The van der Waals surface area contributed by atoms with Gasteiger partial charge in [0.05, 0.1) is 19.3 Å². The van der Waals surface area contributed by atoms with Crippen molar-refractivity contribution in [3.8, 4) is 0 Å². The van der Waals surface area contributed by atoms with Gasteiger partial charge in [-0.2, -0.15) is 0 Å². The average molecular weight is 229 g/mol. The predicted octanol–water partition coefficient (Wildman–Crippen LogP) is 0.150. The molecule has 15 heavy (non-hydrogen) atoms. The largest absolute Gasteiger partial charge is 0.394 e. The highest BCUT2D eigenvalue weighted by Gasteiger charge is 2.09. The molecule has 5 heteroatoms. The first-order valence-corrected chi connectivity index (χ1v) is 5.67. The summed E-state index contributed by atoms with van der Waals surface area (Å²) in [5, 5.41) is 22.0. The molecule has 1 rings (SSSR count). The maximum absolute atomic E-state index is 11.3. The lowest BCUT2D eigenvalue weighted by Gasteiger charge is -2.12. The molecule has 1 heterocycles. The number of rotatable bonds is 6. The predicted molar refractivity (Wildman–Crippen MR) is 58.7 cm³/mol. The van der Waals surface area contributed by atoms with Crippen molar-refractivity contribution in [3.63, 3.8) is 0 Å². The SMILES string of the molecule is O=C(CCc1cccs1)NC(CO)CO. The Labute approximate surface area is 92.6 Å². The summed E-state index contributed by atoms with van der Waals surface area (Å²) in [7, 11) is 0. The van der Waals surface area contributed by atoms with Gasteiger partial charge in [-0.1, -0.05) is 6.07 Å². The monoisotopic (exact) mass is 229 g/mol. The fourth-order valence-corrected chi connectivity index (χ4v) is 1.85. The molecule has 3 N–H and O–H groups in total. The van der Waals surface area contributed by atoms with Crippen LogP contribution in [0.15, 0.2) is 17.5 Å². The second-order valence-corrected chi connectivity index (χ2v) is 4.24. The molecule has 0 atom stereocenters. The van der Waals surface area contributed by atoms with Gasteiger partial charge in [-0.05, 0) is 17.9 Å². The van der Waals surface area contributed by atoms with E-state index >= 15 is 0 Å². The second kappa shape index (κ2) is 6.55. The third-order valence-electron chi connectivity index (χ3n) is 1.98. The van der Waals surface area contributed by atoms with Gasteiger partial charge in [-0.15, -0.1) is 11.3 Å². The van der Waals surface area contributed by atoms with E-state index in [4.69, 9.17) is 10.2 Å². The van der Waals surface area contributed by atoms with Crippen LogP contribution < -0.4 is 5.32 Å². The molecule has 0 spiro atoms. The number of carbonyl (C=O) groups excluding carboxylic acids is 1. The number of thiophene rings is 1. The van der Waals surface area contributed by atoms with Gasteiger partial charge in [0.15, 0.2) is 0 Å². The number of nitrogens with one attached hydrogen (secondary N) is 1. The fraction of sp³-hybridized carbons (Fsp3) is 0.500. The molecule has 84 valence electrons. The van der Waals surface area contributed by atoms with Gasteiger partial charge in [0, 0.05) is 11.3 Å². The van der Waals surface area contributed by atoms with Crippen LogP contribution in [-0.4, -0.2) is 35.4 Å². The maximum Gasteiger partial charge on any atom is 0.220 e. The first-order chi connectivity index (χ1) is 7.26. The van der Waals surface area contributed by atoms with Crippen LogP contribution >= 0.6 is 11.3 Å². The molecular weight excluding hydrogens is 214 g/mol. The number of hydrogen-bond acceptors (Lipinski definition) is 4. The number of amides is 1. The van der Waals surface area contributed by atoms with Crippen LogP contribution in [0.3, 0.4) is 0 Å². The summed E-state index contributed by atoms with van der Waals surface area (Å²) in [6.45, 7) is -0.470. The summed E-state index contributed by atoms with van der Waals surface area (Å²) in [6, 6.07) is 3.39. The van der Waals surface area contributed by atoms with E-state index in [1.165, 1.54) is 0 Å². The topological polar surface area (TPSA) is 69.6 Å². The number of aliphatic hydroxyl groups is 2. The number of aliphatic hydroxyl groups excluding tert-OH is 2. The fourth-order valence-electron chi connectivity index (χ4n) is 1.14. The van der Waals surface area contributed by atoms with E-state index in [2.05, 4.69) is 5.32 Å². The van der Waals surface area contributed by atoms with E-state index in [0.29, 0.717) is 12.8 Å². The first-order valence-electron chi connectivity index (χ1n) is 4.79. The van der Waals surface area contributed by atoms with E-state index in [0.717, 1.165) is 4.88 Å². The van der Waals surface area contributed by atoms with Gasteiger partial charge >= 0.3 is 0 Å². The van der Waals surface area contributed by atoms with Crippen molar-refractivity contribution < 1.29 is 15.0 Å². The minimum absolute atomic E-state index is 0.142. The Morgan fingerprint density at radius 1 is 1.47 bits per heavy atom. The Morgan fingerprint density at radius 3 is 2.73 bits per heavy atom. The number of hydrogen-bond donors (Lipinski definition) is 3. The highest BCUT2D eigenvalue weighted by Crippen LogP contribution is 2.10. The molecule has 0 aliphatic rings. The Hall–Kier alpha value is -0.910. The Kier molecular flexibility index (Phi) is 5.31. The molecule has 0 radical (unpaired) electrons. The van der Waals surface area contributed by atoms with Crippen LogP contribution in [0, 0.1) is 0 Å². The van der Waals surface area contributed by atoms with Crippen LogP contribution in [0.2, 0.25) is 0 Å². The van der Waals surface area contributed by atoms with Crippen molar-refractivity contribution in [1.29, 1.82) is 0 Å². The molecule has 1 amide bonds. The standard InChI is InChI=1S/C10H15NO3S/c12-6-8(7-13)11-10(14)4-3-9-2-1-5-15-9/h1-2,5,8,12-13H,3-4,6-7H2,(H,11,14). The normalized spacial score (nSPS) is 10.6. The summed E-state index contributed by atoms with van der Waals surface area (Å²) < 4.78 is 0. The van der Waals surface area contributed by atoms with E-state index in [9.17, 15) is 4.79 Å². The molecule has 0 unspecified atom stereocenters. The second-order valence-electron chi connectivity index (χ2n) is 3.21. The van der Waals surface area contributed by atoms with Crippen LogP contribution in [-0.2, 0) is 11.2 Å². The van der Waals surface area contributed by atoms with Gasteiger partial charge in [-0.3, -0.25) is 4.79 Å². The summed E-state index contributed by atoms with van der Waals surface area (Å²) in [5.74, 6) is -0.142. The first kappa shape index (κ1) is 12.2. The molecule has 0 fully saturated rings. The lowest BCUT2D eigenvalue weighted by atomic mass is 10.2. The molecule has 0 aromatic carbocycles. The summed E-state index contributed by atoms with van der Waals surface area (Å²) in [5.41, 5.74) is 0. The zero-order valence-corrected chi connectivity index (χ0v) is 9.17. The van der Waals surface area contributed by atoms with E-state index in [-0.39, 0.29) is 19.1 Å². The Morgan fingerprint density at radius 2 is 2.20 bits per heavy atom. The van der Waals surface area contributed by atoms with Crippen molar-refractivity contribution >= 4 is 17.2 Å². The summed E-state index contributed by atoms with van der Waals surface area (Å²) >= 11 is 1.62. The molecule has 0 aliphatic carbocycles.